The summed E-state index contributed by atoms with van der Waals surface area (Å²) in [5, 5.41) is 3.07. The number of amides is 1. The smallest absolute Gasteiger partial charge is 0.252 e. The van der Waals surface area contributed by atoms with Crippen molar-refractivity contribution in [3.05, 3.63) is 33.8 Å². The summed E-state index contributed by atoms with van der Waals surface area (Å²) in [4.78, 5) is 12.3. The number of benzene rings is 1. The fourth-order valence-electron chi connectivity index (χ4n) is 1.81. The summed E-state index contributed by atoms with van der Waals surface area (Å²) in [7, 11) is 0. The van der Waals surface area contributed by atoms with Gasteiger partial charge in [-0.15, -0.1) is 11.6 Å². The Balaban J connectivity index is 2.98. The Labute approximate surface area is 122 Å². The van der Waals surface area contributed by atoms with Gasteiger partial charge in [0.2, 0.25) is 0 Å². The number of alkyl halides is 1. The number of hydrogen-bond acceptors (Lipinski definition) is 1. The van der Waals surface area contributed by atoms with Gasteiger partial charge in [-0.25, -0.2) is 0 Å². The van der Waals surface area contributed by atoms with Crippen LogP contribution in [0.3, 0.4) is 0 Å². The van der Waals surface area contributed by atoms with Crippen molar-refractivity contribution in [2.45, 2.75) is 39.2 Å². The van der Waals surface area contributed by atoms with Gasteiger partial charge in [-0.3, -0.25) is 4.79 Å². The van der Waals surface area contributed by atoms with Crippen LogP contribution >= 0.6 is 27.5 Å². The lowest BCUT2D eigenvalue weighted by Gasteiger charge is -2.31. The Morgan fingerprint density at radius 1 is 1.39 bits per heavy atom. The molecule has 0 aliphatic heterocycles. The molecule has 0 unspecified atom stereocenters. The van der Waals surface area contributed by atoms with E-state index >= 15 is 0 Å². The predicted octanol–water partition coefficient (Wildman–Crippen LogP) is 4.28. The van der Waals surface area contributed by atoms with Crippen molar-refractivity contribution < 1.29 is 4.79 Å². The summed E-state index contributed by atoms with van der Waals surface area (Å²) in [6, 6.07) is 5.63. The van der Waals surface area contributed by atoms with E-state index < -0.39 is 0 Å². The Kier molecular flexibility index (Phi) is 5.67. The van der Waals surface area contributed by atoms with Crippen molar-refractivity contribution >= 4 is 33.4 Å². The summed E-state index contributed by atoms with van der Waals surface area (Å²) in [5.41, 5.74) is 1.33. The number of carbonyl (C=O) groups excluding carboxylic acids is 1. The van der Waals surface area contributed by atoms with Gasteiger partial charge in [0.25, 0.3) is 5.91 Å². The number of rotatable bonds is 5. The highest BCUT2D eigenvalue weighted by molar-refractivity contribution is 9.10. The molecule has 100 valence electrons. The highest BCUT2D eigenvalue weighted by Gasteiger charge is 2.28. The standard InChI is InChI=1S/C14H19BrClNO/c1-4-14(5-2,9-16)17-13(18)11-7-6-8-12(15)10(11)3/h6-8H,4-5,9H2,1-3H3,(H,17,18). The van der Waals surface area contributed by atoms with Gasteiger partial charge in [-0.05, 0) is 37.5 Å². The lowest BCUT2D eigenvalue weighted by atomic mass is 9.94. The molecule has 0 fully saturated rings. The molecule has 0 saturated carbocycles. The molecule has 4 heteroatoms. The molecule has 18 heavy (non-hydrogen) atoms. The van der Waals surface area contributed by atoms with E-state index in [1.54, 1.807) is 0 Å². The van der Waals surface area contributed by atoms with Crippen LogP contribution in [0.2, 0.25) is 0 Å². The minimum absolute atomic E-state index is 0.0573. The number of carbonyl (C=O) groups is 1. The SMILES string of the molecule is CCC(CC)(CCl)NC(=O)c1cccc(Br)c1C. The highest BCUT2D eigenvalue weighted by Crippen LogP contribution is 2.22. The summed E-state index contributed by atoms with van der Waals surface area (Å²) >= 11 is 9.44. The van der Waals surface area contributed by atoms with Crippen LogP contribution in [0.4, 0.5) is 0 Å². The molecule has 0 bridgehead atoms. The minimum atomic E-state index is -0.312. The molecule has 0 aliphatic rings. The van der Waals surface area contributed by atoms with E-state index in [-0.39, 0.29) is 11.4 Å². The average molecular weight is 333 g/mol. The van der Waals surface area contributed by atoms with Crippen LogP contribution in [0.15, 0.2) is 22.7 Å². The maximum Gasteiger partial charge on any atom is 0.252 e. The van der Waals surface area contributed by atoms with E-state index in [2.05, 4.69) is 21.2 Å². The summed E-state index contributed by atoms with van der Waals surface area (Å²) < 4.78 is 0.944. The first-order chi connectivity index (χ1) is 8.49. The van der Waals surface area contributed by atoms with Gasteiger partial charge in [0.05, 0.1) is 5.54 Å². The fourth-order valence-corrected chi connectivity index (χ4v) is 2.62. The van der Waals surface area contributed by atoms with Crippen LogP contribution in [-0.2, 0) is 0 Å². The third-order valence-corrected chi connectivity index (χ3v) is 4.87. The number of hydrogen-bond donors (Lipinski definition) is 1. The fraction of sp³-hybridized carbons (Fsp3) is 0.500. The molecule has 0 aliphatic carbocycles. The molecule has 1 aromatic carbocycles. The maximum atomic E-state index is 12.3. The molecule has 0 aromatic heterocycles. The lowest BCUT2D eigenvalue weighted by Crippen LogP contribution is -2.49. The molecule has 0 radical (unpaired) electrons. The minimum Gasteiger partial charge on any atom is -0.345 e. The maximum absolute atomic E-state index is 12.3. The second-order valence-corrected chi connectivity index (χ2v) is 5.61. The van der Waals surface area contributed by atoms with Crippen LogP contribution in [0.5, 0.6) is 0 Å². The van der Waals surface area contributed by atoms with Crippen LogP contribution < -0.4 is 5.32 Å². The zero-order chi connectivity index (χ0) is 13.8. The summed E-state index contributed by atoms with van der Waals surface area (Å²) in [6.45, 7) is 6.01. The average Bonchev–Trinajstić information content (AvgIpc) is 2.39. The Hall–Kier alpha value is -0.540. The molecule has 0 saturated heterocycles. The van der Waals surface area contributed by atoms with Crippen LogP contribution in [0, 0.1) is 6.92 Å². The summed E-state index contributed by atoms with van der Waals surface area (Å²) in [6.07, 6.45) is 1.65. The Morgan fingerprint density at radius 2 is 2.00 bits per heavy atom. The van der Waals surface area contributed by atoms with Crippen LogP contribution in [0.1, 0.15) is 42.6 Å². The van der Waals surface area contributed by atoms with E-state index in [0.717, 1.165) is 22.9 Å². The molecule has 1 aromatic rings. The third kappa shape index (κ3) is 3.27. The second-order valence-electron chi connectivity index (χ2n) is 4.49. The molecular formula is C14H19BrClNO. The van der Waals surface area contributed by atoms with E-state index in [9.17, 15) is 4.79 Å². The topological polar surface area (TPSA) is 29.1 Å². The molecule has 1 amide bonds. The van der Waals surface area contributed by atoms with Gasteiger partial charge < -0.3 is 5.32 Å². The van der Waals surface area contributed by atoms with Crippen molar-refractivity contribution in [1.29, 1.82) is 0 Å². The first kappa shape index (κ1) is 15.5. The van der Waals surface area contributed by atoms with Crippen molar-refractivity contribution in [2.75, 3.05) is 5.88 Å². The Morgan fingerprint density at radius 3 is 2.50 bits per heavy atom. The van der Waals surface area contributed by atoms with Gasteiger partial charge >= 0.3 is 0 Å². The molecule has 0 spiro atoms. The Bertz CT molecular complexity index is 422. The van der Waals surface area contributed by atoms with E-state index in [4.69, 9.17) is 11.6 Å². The monoisotopic (exact) mass is 331 g/mol. The van der Waals surface area contributed by atoms with Gasteiger partial charge in [0, 0.05) is 15.9 Å². The molecular weight excluding hydrogens is 314 g/mol. The molecule has 0 heterocycles. The van der Waals surface area contributed by atoms with E-state index in [1.807, 2.05) is 39.0 Å². The first-order valence-corrected chi connectivity index (χ1v) is 7.46. The predicted molar refractivity (Wildman–Crippen MR) is 80.4 cm³/mol. The van der Waals surface area contributed by atoms with Gasteiger partial charge in [-0.2, -0.15) is 0 Å². The zero-order valence-electron chi connectivity index (χ0n) is 11.0. The van der Waals surface area contributed by atoms with Crippen molar-refractivity contribution in [3.8, 4) is 0 Å². The molecule has 1 N–H and O–H groups in total. The zero-order valence-corrected chi connectivity index (χ0v) is 13.4. The third-order valence-electron chi connectivity index (χ3n) is 3.50. The van der Waals surface area contributed by atoms with Gasteiger partial charge in [0.1, 0.15) is 0 Å². The molecule has 2 nitrogen and oxygen atoms in total. The number of nitrogens with one attached hydrogen (secondary N) is 1. The number of halogens is 2. The molecule has 0 atom stereocenters. The van der Waals surface area contributed by atoms with Gasteiger partial charge in [-0.1, -0.05) is 35.8 Å². The largest absolute Gasteiger partial charge is 0.345 e. The second kappa shape index (κ2) is 6.58. The summed E-state index contributed by atoms with van der Waals surface area (Å²) in [5.74, 6) is 0.372. The van der Waals surface area contributed by atoms with Crippen molar-refractivity contribution in [1.82, 2.24) is 5.32 Å². The van der Waals surface area contributed by atoms with Crippen LogP contribution in [-0.4, -0.2) is 17.3 Å². The van der Waals surface area contributed by atoms with E-state index in [0.29, 0.717) is 11.4 Å². The van der Waals surface area contributed by atoms with Crippen molar-refractivity contribution in [3.63, 3.8) is 0 Å². The van der Waals surface area contributed by atoms with E-state index in [1.165, 1.54) is 0 Å². The lowest BCUT2D eigenvalue weighted by molar-refractivity contribution is 0.0902. The first-order valence-electron chi connectivity index (χ1n) is 6.13. The van der Waals surface area contributed by atoms with Gasteiger partial charge in [0.15, 0.2) is 0 Å². The quantitative estimate of drug-likeness (QED) is 0.801. The molecule has 1 rings (SSSR count). The highest BCUT2D eigenvalue weighted by atomic mass is 79.9. The normalized spacial score (nSPS) is 11.4. The van der Waals surface area contributed by atoms with Crippen molar-refractivity contribution in [2.24, 2.45) is 0 Å². The van der Waals surface area contributed by atoms with Crippen LogP contribution in [0.25, 0.3) is 0 Å².